The first-order valence-electron chi connectivity index (χ1n) is 4.78. The standard InChI is InChI=1S/C11H12N2O3.ClH/c1-7-4-8-5-9(2-3-10(8)16-7)15-6-11(12)13-14;/h2-5,14H,6H2,1H3,(H2,12,13);1H. The molecule has 17 heavy (non-hydrogen) atoms. The molecule has 0 amide bonds. The average Bonchev–Trinajstić information content (AvgIpc) is 2.65. The molecule has 92 valence electrons. The van der Waals surface area contributed by atoms with Crippen LogP contribution in [-0.4, -0.2) is 17.6 Å². The zero-order valence-electron chi connectivity index (χ0n) is 9.21. The van der Waals surface area contributed by atoms with Gasteiger partial charge in [0.05, 0.1) is 0 Å². The SMILES string of the molecule is Cc1cc2cc(OCC(N)=NO)ccc2o1.Cl. The maximum Gasteiger partial charge on any atom is 0.177 e. The van der Waals surface area contributed by atoms with Crippen molar-refractivity contribution in [1.82, 2.24) is 0 Å². The molecule has 0 fully saturated rings. The largest absolute Gasteiger partial charge is 0.486 e. The molecule has 0 atom stereocenters. The molecule has 0 radical (unpaired) electrons. The molecule has 0 aliphatic carbocycles. The number of benzene rings is 1. The predicted molar refractivity (Wildman–Crippen MR) is 67.1 cm³/mol. The van der Waals surface area contributed by atoms with Gasteiger partial charge in [-0.25, -0.2) is 0 Å². The Morgan fingerprint density at radius 1 is 1.47 bits per heavy atom. The van der Waals surface area contributed by atoms with Gasteiger partial charge in [0, 0.05) is 5.39 Å². The third kappa shape index (κ3) is 3.04. The number of amidine groups is 1. The summed E-state index contributed by atoms with van der Waals surface area (Å²) in [6.45, 7) is 1.94. The van der Waals surface area contributed by atoms with Crippen molar-refractivity contribution >= 4 is 29.2 Å². The van der Waals surface area contributed by atoms with E-state index >= 15 is 0 Å². The summed E-state index contributed by atoms with van der Waals surface area (Å²) in [5, 5.41) is 12.1. The van der Waals surface area contributed by atoms with Crippen molar-refractivity contribution < 1.29 is 14.4 Å². The number of halogens is 1. The lowest BCUT2D eigenvalue weighted by Gasteiger charge is -2.03. The summed E-state index contributed by atoms with van der Waals surface area (Å²) < 4.78 is 10.7. The van der Waals surface area contributed by atoms with E-state index in [1.54, 1.807) is 6.07 Å². The summed E-state index contributed by atoms with van der Waals surface area (Å²) in [5.74, 6) is 1.53. The van der Waals surface area contributed by atoms with Gasteiger partial charge in [-0.2, -0.15) is 0 Å². The summed E-state index contributed by atoms with van der Waals surface area (Å²) >= 11 is 0. The number of hydrogen-bond acceptors (Lipinski definition) is 4. The van der Waals surface area contributed by atoms with Gasteiger partial charge in [-0.3, -0.25) is 0 Å². The summed E-state index contributed by atoms with van der Waals surface area (Å²) in [6, 6.07) is 7.36. The lowest BCUT2D eigenvalue weighted by molar-refractivity contribution is 0.306. The smallest absolute Gasteiger partial charge is 0.177 e. The number of oxime groups is 1. The van der Waals surface area contributed by atoms with Crippen molar-refractivity contribution in [1.29, 1.82) is 0 Å². The van der Waals surface area contributed by atoms with Crippen LogP contribution >= 0.6 is 12.4 Å². The van der Waals surface area contributed by atoms with Gasteiger partial charge in [-0.15, -0.1) is 12.4 Å². The van der Waals surface area contributed by atoms with Gasteiger partial charge >= 0.3 is 0 Å². The minimum atomic E-state index is 0. The molecule has 0 bridgehead atoms. The van der Waals surface area contributed by atoms with Gasteiger partial charge in [0.15, 0.2) is 5.84 Å². The lowest BCUT2D eigenvalue weighted by Crippen LogP contribution is -2.20. The Kier molecular flexibility index (Phi) is 4.23. The molecule has 1 heterocycles. The van der Waals surface area contributed by atoms with E-state index in [-0.39, 0.29) is 24.8 Å². The van der Waals surface area contributed by atoms with Crippen LogP contribution in [-0.2, 0) is 0 Å². The fourth-order valence-corrected chi connectivity index (χ4v) is 1.43. The molecular weight excluding hydrogens is 244 g/mol. The van der Waals surface area contributed by atoms with Crippen molar-refractivity contribution in [3.05, 3.63) is 30.0 Å². The van der Waals surface area contributed by atoms with E-state index in [4.69, 9.17) is 20.1 Å². The predicted octanol–water partition coefficient (Wildman–Crippen LogP) is 2.29. The van der Waals surface area contributed by atoms with E-state index in [9.17, 15) is 0 Å². The van der Waals surface area contributed by atoms with E-state index in [2.05, 4.69) is 5.16 Å². The molecule has 0 saturated heterocycles. The Morgan fingerprint density at radius 2 is 2.24 bits per heavy atom. The average molecular weight is 257 g/mol. The highest BCUT2D eigenvalue weighted by atomic mass is 35.5. The zero-order chi connectivity index (χ0) is 11.5. The van der Waals surface area contributed by atoms with Crippen LogP contribution in [0.4, 0.5) is 0 Å². The molecule has 3 N–H and O–H groups in total. The molecule has 1 aromatic carbocycles. The Labute approximate surface area is 104 Å². The third-order valence-electron chi connectivity index (χ3n) is 2.13. The Bertz CT molecular complexity index is 536. The van der Waals surface area contributed by atoms with Gasteiger partial charge in [0.2, 0.25) is 0 Å². The molecular formula is C11H13ClN2O3. The lowest BCUT2D eigenvalue weighted by atomic mass is 10.2. The first-order valence-corrected chi connectivity index (χ1v) is 4.78. The molecule has 6 heteroatoms. The van der Waals surface area contributed by atoms with Gasteiger partial charge in [0.1, 0.15) is 23.7 Å². The summed E-state index contributed by atoms with van der Waals surface area (Å²) in [7, 11) is 0. The van der Waals surface area contributed by atoms with Crippen LogP contribution in [0.1, 0.15) is 5.76 Å². The number of aryl methyl sites for hydroxylation is 1. The topological polar surface area (TPSA) is 81.0 Å². The highest BCUT2D eigenvalue weighted by Gasteiger charge is 2.02. The molecule has 0 spiro atoms. The minimum Gasteiger partial charge on any atom is -0.486 e. The fourth-order valence-electron chi connectivity index (χ4n) is 1.43. The molecule has 0 aliphatic heterocycles. The van der Waals surface area contributed by atoms with Crippen LogP contribution in [0.25, 0.3) is 11.0 Å². The number of fused-ring (bicyclic) bond motifs is 1. The highest BCUT2D eigenvalue weighted by Crippen LogP contribution is 2.23. The van der Waals surface area contributed by atoms with E-state index in [0.29, 0.717) is 5.75 Å². The molecule has 2 rings (SSSR count). The molecule has 2 aromatic rings. The molecule has 1 aromatic heterocycles. The van der Waals surface area contributed by atoms with Gasteiger partial charge in [-0.1, -0.05) is 5.16 Å². The first kappa shape index (κ1) is 13.2. The quantitative estimate of drug-likeness (QED) is 0.382. The number of nitrogens with zero attached hydrogens (tertiary/aromatic N) is 1. The molecule has 0 aliphatic rings. The van der Waals surface area contributed by atoms with Gasteiger partial charge in [0.25, 0.3) is 0 Å². The number of rotatable bonds is 3. The van der Waals surface area contributed by atoms with Crippen LogP contribution < -0.4 is 10.5 Å². The maximum atomic E-state index is 8.36. The van der Waals surface area contributed by atoms with Gasteiger partial charge in [-0.05, 0) is 31.2 Å². The number of furan rings is 1. The van der Waals surface area contributed by atoms with Gasteiger partial charge < -0.3 is 20.1 Å². The van der Waals surface area contributed by atoms with E-state index < -0.39 is 0 Å². The number of nitrogens with two attached hydrogens (primary N) is 1. The van der Waals surface area contributed by atoms with E-state index in [0.717, 1.165) is 16.7 Å². The fraction of sp³-hybridized carbons (Fsp3) is 0.182. The summed E-state index contributed by atoms with van der Waals surface area (Å²) in [6.07, 6.45) is 0. The van der Waals surface area contributed by atoms with Crippen LogP contribution in [0.5, 0.6) is 5.75 Å². The van der Waals surface area contributed by atoms with Crippen molar-refractivity contribution in [2.24, 2.45) is 10.9 Å². The zero-order valence-corrected chi connectivity index (χ0v) is 10.0. The van der Waals surface area contributed by atoms with Crippen molar-refractivity contribution in [2.45, 2.75) is 6.92 Å². The molecule has 0 unspecified atom stereocenters. The molecule has 0 saturated carbocycles. The van der Waals surface area contributed by atoms with Crippen molar-refractivity contribution in [3.63, 3.8) is 0 Å². The Hall–Kier alpha value is -1.88. The first-order chi connectivity index (χ1) is 7.69. The second kappa shape index (κ2) is 5.45. The Morgan fingerprint density at radius 3 is 2.94 bits per heavy atom. The number of hydrogen-bond donors (Lipinski definition) is 2. The van der Waals surface area contributed by atoms with E-state index in [1.807, 2.05) is 25.1 Å². The summed E-state index contributed by atoms with van der Waals surface area (Å²) in [4.78, 5) is 0. The minimum absolute atomic E-state index is 0. The Balaban J connectivity index is 0.00000144. The van der Waals surface area contributed by atoms with Crippen LogP contribution in [0.15, 0.2) is 33.8 Å². The van der Waals surface area contributed by atoms with Crippen molar-refractivity contribution in [2.75, 3.05) is 6.61 Å². The second-order valence-electron chi connectivity index (χ2n) is 3.44. The van der Waals surface area contributed by atoms with Crippen molar-refractivity contribution in [3.8, 4) is 5.75 Å². The second-order valence-corrected chi connectivity index (χ2v) is 3.44. The van der Waals surface area contributed by atoms with Crippen LogP contribution in [0, 0.1) is 6.92 Å². The number of ether oxygens (including phenoxy) is 1. The van der Waals surface area contributed by atoms with E-state index in [1.165, 1.54) is 0 Å². The molecule has 5 nitrogen and oxygen atoms in total. The normalized spacial score (nSPS) is 11.2. The monoisotopic (exact) mass is 256 g/mol. The third-order valence-corrected chi connectivity index (χ3v) is 2.13. The maximum absolute atomic E-state index is 8.36. The summed E-state index contributed by atoms with van der Waals surface area (Å²) in [5.41, 5.74) is 6.11. The van der Waals surface area contributed by atoms with Crippen LogP contribution in [0.3, 0.4) is 0 Å². The highest BCUT2D eigenvalue weighted by molar-refractivity contribution is 5.85. The van der Waals surface area contributed by atoms with Crippen LogP contribution in [0.2, 0.25) is 0 Å².